The average molecular weight is 339 g/mol. The van der Waals surface area contributed by atoms with Gasteiger partial charge in [0.1, 0.15) is 5.69 Å². The van der Waals surface area contributed by atoms with E-state index in [1.807, 2.05) is 19.9 Å². The molecule has 1 fully saturated rings. The number of benzene rings is 1. The summed E-state index contributed by atoms with van der Waals surface area (Å²) >= 11 is 0. The number of aromatic nitrogens is 2. The molecule has 0 saturated carbocycles. The normalized spacial score (nSPS) is 15.8. The largest absolute Gasteiger partial charge is 0.368 e. The van der Waals surface area contributed by atoms with Gasteiger partial charge < -0.3 is 15.1 Å². The number of nitrogens with zero attached hydrogens (tertiary/aromatic N) is 4. The van der Waals surface area contributed by atoms with E-state index in [9.17, 15) is 4.79 Å². The molecule has 0 bridgehead atoms. The number of amides is 1. The molecule has 1 saturated heterocycles. The Morgan fingerprint density at radius 1 is 1.12 bits per heavy atom. The summed E-state index contributed by atoms with van der Waals surface area (Å²) < 4.78 is 0. The standard InChI is InChI=1S/C19H25N5O/c1-3-15(2)21-18(25)17-9-10-20-19(22-17)24-13-11-23(12-14-24)16-7-5-4-6-8-16/h4-10,15H,3,11-14H2,1-2H3,(H,21,25). The quantitative estimate of drug-likeness (QED) is 0.906. The van der Waals surface area contributed by atoms with Crippen LogP contribution in [-0.4, -0.2) is 48.1 Å². The SMILES string of the molecule is CCC(C)NC(=O)c1ccnc(N2CCN(c3ccccc3)CC2)n1. The average Bonchev–Trinajstić information content (AvgIpc) is 2.68. The van der Waals surface area contributed by atoms with E-state index in [1.165, 1.54) is 5.69 Å². The first-order valence-corrected chi connectivity index (χ1v) is 8.86. The highest BCUT2D eigenvalue weighted by molar-refractivity contribution is 5.92. The second-order valence-electron chi connectivity index (χ2n) is 6.33. The van der Waals surface area contributed by atoms with Gasteiger partial charge >= 0.3 is 0 Å². The van der Waals surface area contributed by atoms with E-state index in [2.05, 4.69) is 49.4 Å². The zero-order valence-electron chi connectivity index (χ0n) is 14.9. The molecule has 1 aromatic heterocycles. The number of nitrogens with one attached hydrogen (secondary N) is 1. The number of carbonyl (C=O) groups is 1. The Labute approximate surface area is 148 Å². The van der Waals surface area contributed by atoms with Gasteiger partial charge in [0, 0.05) is 44.1 Å². The fraction of sp³-hybridized carbons (Fsp3) is 0.421. The Morgan fingerprint density at radius 2 is 1.80 bits per heavy atom. The van der Waals surface area contributed by atoms with Crippen molar-refractivity contribution in [2.24, 2.45) is 0 Å². The molecule has 25 heavy (non-hydrogen) atoms. The van der Waals surface area contributed by atoms with Gasteiger partial charge in [-0.25, -0.2) is 9.97 Å². The van der Waals surface area contributed by atoms with Crippen LogP contribution in [0.3, 0.4) is 0 Å². The second kappa shape index (κ2) is 7.96. The molecule has 1 aliphatic rings. The smallest absolute Gasteiger partial charge is 0.270 e. The third-order valence-electron chi connectivity index (χ3n) is 4.55. The molecule has 1 amide bonds. The lowest BCUT2D eigenvalue weighted by molar-refractivity contribution is 0.0934. The van der Waals surface area contributed by atoms with Gasteiger partial charge in [0.2, 0.25) is 5.95 Å². The van der Waals surface area contributed by atoms with Crippen molar-refractivity contribution < 1.29 is 4.79 Å². The van der Waals surface area contributed by atoms with Gasteiger partial charge in [-0.05, 0) is 31.5 Å². The highest BCUT2D eigenvalue weighted by atomic mass is 16.1. The van der Waals surface area contributed by atoms with Crippen LogP contribution in [-0.2, 0) is 0 Å². The zero-order chi connectivity index (χ0) is 17.6. The Balaban J connectivity index is 1.64. The van der Waals surface area contributed by atoms with Crippen LogP contribution in [0.1, 0.15) is 30.8 Å². The molecule has 0 aliphatic carbocycles. The fourth-order valence-corrected chi connectivity index (χ4v) is 2.83. The number of piperazine rings is 1. The second-order valence-corrected chi connectivity index (χ2v) is 6.33. The summed E-state index contributed by atoms with van der Waals surface area (Å²) in [5, 5.41) is 2.95. The van der Waals surface area contributed by atoms with Gasteiger partial charge in [-0.15, -0.1) is 0 Å². The van der Waals surface area contributed by atoms with Crippen LogP contribution >= 0.6 is 0 Å². The van der Waals surface area contributed by atoms with Gasteiger partial charge in [-0.1, -0.05) is 25.1 Å². The van der Waals surface area contributed by atoms with Crippen LogP contribution in [0.5, 0.6) is 0 Å². The lowest BCUT2D eigenvalue weighted by Gasteiger charge is -2.36. The van der Waals surface area contributed by atoms with Crippen molar-refractivity contribution in [3.05, 3.63) is 48.3 Å². The van der Waals surface area contributed by atoms with E-state index in [0.717, 1.165) is 32.6 Å². The third-order valence-corrected chi connectivity index (χ3v) is 4.55. The van der Waals surface area contributed by atoms with E-state index in [0.29, 0.717) is 11.6 Å². The molecular weight excluding hydrogens is 314 g/mol. The fourth-order valence-electron chi connectivity index (χ4n) is 2.83. The first kappa shape index (κ1) is 17.2. The van der Waals surface area contributed by atoms with E-state index < -0.39 is 0 Å². The molecule has 1 aromatic carbocycles. The van der Waals surface area contributed by atoms with Crippen molar-refractivity contribution in [1.82, 2.24) is 15.3 Å². The summed E-state index contributed by atoms with van der Waals surface area (Å²) in [6.45, 7) is 7.54. The lowest BCUT2D eigenvalue weighted by Crippen LogP contribution is -2.47. The lowest BCUT2D eigenvalue weighted by atomic mass is 10.2. The van der Waals surface area contributed by atoms with Crippen LogP contribution < -0.4 is 15.1 Å². The van der Waals surface area contributed by atoms with Crippen molar-refractivity contribution in [3.8, 4) is 0 Å². The molecule has 1 aliphatic heterocycles. The Hall–Kier alpha value is -2.63. The van der Waals surface area contributed by atoms with Crippen molar-refractivity contribution >= 4 is 17.5 Å². The highest BCUT2D eigenvalue weighted by Crippen LogP contribution is 2.18. The summed E-state index contributed by atoms with van der Waals surface area (Å²) in [5.41, 5.74) is 1.67. The monoisotopic (exact) mass is 339 g/mol. The molecule has 0 radical (unpaired) electrons. The topological polar surface area (TPSA) is 61.4 Å². The van der Waals surface area contributed by atoms with E-state index in [1.54, 1.807) is 12.3 Å². The third kappa shape index (κ3) is 4.26. The molecule has 3 rings (SSSR count). The number of anilines is 2. The van der Waals surface area contributed by atoms with Crippen molar-refractivity contribution in [1.29, 1.82) is 0 Å². The maximum Gasteiger partial charge on any atom is 0.270 e. The molecule has 1 unspecified atom stereocenters. The minimum absolute atomic E-state index is 0.138. The summed E-state index contributed by atoms with van der Waals surface area (Å²) in [7, 11) is 0. The number of hydrogen-bond donors (Lipinski definition) is 1. The summed E-state index contributed by atoms with van der Waals surface area (Å²) in [4.78, 5) is 25.6. The molecule has 0 spiro atoms. The van der Waals surface area contributed by atoms with Crippen molar-refractivity contribution in [3.63, 3.8) is 0 Å². The number of para-hydroxylation sites is 1. The zero-order valence-corrected chi connectivity index (χ0v) is 14.9. The van der Waals surface area contributed by atoms with Crippen LogP contribution in [0.2, 0.25) is 0 Å². The Morgan fingerprint density at radius 3 is 2.48 bits per heavy atom. The van der Waals surface area contributed by atoms with Crippen LogP contribution in [0, 0.1) is 0 Å². The predicted molar refractivity (Wildman–Crippen MR) is 100 cm³/mol. The van der Waals surface area contributed by atoms with Gasteiger partial charge in [0.05, 0.1) is 0 Å². The van der Waals surface area contributed by atoms with Crippen LogP contribution in [0.15, 0.2) is 42.6 Å². The minimum Gasteiger partial charge on any atom is -0.368 e. The molecule has 6 heteroatoms. The van der Waals surface area contributed by atoms with Crippen molar-refractivity contribution in [2.45, 2.75) is 26.3 Å². The first-order valence-electron chi connectivity index (χ1n) is 8.86. The molecule has 1 atom stereocenters. The molecule has 2 heterocycles. The van der Waals surface area contributed by atoms with Crippen LogP contribution in [0.4, 0.5) is 11.6 Å². The van der Waals surface area contributed by atoms with Gasteiger partial charge in [0.25, 0.3) is 5.91 Å². The minimum atomic E-state index is -0.138. The van der Waals surface area contributed by atoms with E-state index in [4.69, 9.17) is 0 Å². The molecule has 6 nitrogen and oxygen atoms in total. The first-order chi connectivity index (χ1) is 12.2. The molecular formula is C19H25N5O. The van der Waals surface area contributed by atoms with Gasteiger partial charge in [-0.3, -0.25) is 4.79 Å². The number of hydrogen-bond acceptors (Lipinski definition) is 5. The molecule has 1 N–H and O–H groups in total. The maximum atomic E-state index is 12.3. The highest BCUT2D eigenvalue weighted by Gasteiger charge is 2.20. The molecule has 2 aromatic rings. The Bertz CT molecular complexity index is 698. The van der Waals surface area contributed by atoms with E-state index >= 15 is 0 Å². The Kier molecular flexibility index (Phi) is 5.48. The summed E-state index contributed by atoms with van der Waals surface area (Å²) in [6, 6.07) is 12.2. The van der Waals surface area contributed by atoms with E-state index in [-0.39, 0.29) is 11.9 Å². The maximum absolute atomic E-state index is 12.3. The van der Waals surface area contributed by atoms with Gasteiger partial charge in [0.15, 0.2) is 0 Å². The van der Waals surface area contributed by atoms with Crippen LogP contribution in [0.25, 0.3) is 0 Å². The predicted octanol–water partition coefficient (Wildman–Crippen LogP) is 2.33. The van der Waals surface area contributed by atoms with Gasteiger partial charge in [-0.2, -0.15) is 0 Å². The molecule has 132 valence electrons. The summed E-state index contributed by atoms with van der Waals surface area (Å²) in [6.07, 6.45) is 2.56. The number of carbonyl (C=O) groups excluding carboxylic acids is 1. The van der Waals surface area contributed by atoms with Crippen molar-refractivity contribution in [2.75, 3.05) is 36.0 Å². The summed E-state index contributed by atoms with van der Waals surface area (Å²) in [5.74, 6) is 0.491. The number of rotatable bonds is 5.